The Bertz CT molecular complexity index is 784. The topological polar surface area (TPSA) is 67.6 Å². The van der Waals surface area contributed by atoms with Crippen molar-refractivity contribution in [2.75, 3.05) is 12.3 Å². The van der Waals surface area contributed by atoms with Crippen molar-refractivity contribution in [1.29, 1.82) is 0 Å². The molecular formula is C19H23NO4S. The lowest BCUT2D eigenvalue weighted by atomic mass is 10.1. The van der Waals surface area contributed by atoms with Crippen molar-refractivity contribution in [3.8, 4) is 0 Å². The van der Waals surface area contributed by atoms with Gasteiger partial charge in [0, 0.05) is 13.0 Å². The molecule has 1 aromatic heterocycles. The molecule has 3 rings (SSSR count). The molecular weight excluding hydrogens is 338 g/mol. The van der Waals surface area contributed by atoms with Crippen molar-refractivity contribution >= 4 is 15.7 Å². The monoisotopic (exact) mass is 361 g/mol. The summed E-state index contributed by atoms with van der Waals surface area (Å²) in [4.78, 5) is 14.8. The Morgan fingerprint density at radius 2 is 1.88 bits per heavy atom. The number of amides is 1. The van der Waals surface area contributed by atoms with Crippen molar-refractivity contribution in [2.45, 2.75) is 43.0 Å². The third-order valence-electron chi connectivity index (χ3n) is 4.63. The van der Waals surface area contributed by atoms with Gasteiger partial charge in [-0.3, -0.25) is 4.79 Å². The van der Waals surface area contributed by atoms with Gasteiger partial charge in [0.1, 0.15) is 5.76 Å². The van der Waals surface area contributed by atoms with Crippen LogP contribution in [-0.4, -0.2) is 31.5 Å². The first-order valence-corrected chi connectivity index (χ1v) is 10.3. The predicted molar refractivity (Wildman–Crippen MR) is 94.7 cm³/mol. The summed E-state index contributed by atoms with van der Waals surface area (Å²) in [5.74, 6) is 0.487. The van der Waals surface area contributed by atoms with Crippen molar-refractivity contribution in [2.24, 2.45) is 0 Å². The van der Waals surface area contributed by atoms with Crippen molar-refractivity contribution < 1.29 is 17.6 Å². The Hall–Kier alpha value is -2.08. The smallest absolute Gasteiger partial charge is 0.224 e. The van der Waals surface area contributed by atoms with Crippen LogP contribution in [0.15, 0.2) is 58.0 Å². The van der Waals surface area contributed by atoms with Gasteiger partial charge in [-0.25, -0.2) is 8.42 Å². The number of rotatable bonds is 5. The van der Waals surface area contributed by atoms with Crippen LogP contribution < -0.4 is 0 Å². The Kier molecular flexibility index (Phi) is 5.58. The molecule has 0 aliphatic carbocycles. The summed E-state index contributed by atoms with van der Waals surface area (Å²) < 4.78 is 30.3. The third-order valence-corrected chi connectivity index (χ3v) is 6.36. The molecule has 0 unspecified atom stereocenters. The molecule has 134 valence electrons. The van der Waals surface area contributed by atoms with Gasteiger partial charge in [-0.05, 0) is 37.1 Å². The normalized spacial score (nSPS) is 18.7. The molecule has 1 amide bonds. The van der Waals surface area contributed by atoms with Gasteiger partial charge in [-0.1, -0.05) is 31.0 Å². The molecule has 0 bridgehead atoms. The third kappa shape index (κ3) is 4.31. The van der Waals surface area contributed by atoms with Crippen molar-refractivity contribution in [3.63, 3.8) is 0 Å². The second-order valence-corrected chi connectivity index (χ2v) is 8.46. The van der Waals surface area contributed by atoms with Gasteiger partial charge in [0.25, 0.3) is 0 Å². The highest BCUT2D eigenvalue weighted by atomic mass is 32.2. The fraction of sp³-hybridized carbons (Fsp3) is 0.421. The summed E-state index contributed by atoms with van der Waals surface area (Å²) in [6, 6.07) is 11.9. The summed E-state index contributed by atoms with van der Waals surface area (Å²) in [5, 5.41) is 0. The number of hydrogen-bond donors (Lipinski definition) is 0. The zero-order valence-corrected chi connectivity index (χ0v) is 15.0. The van der Waals surface area contributed by atoms with Crippen LogP contribution in [0, 0.1) is 0 Å². The van der Waals surface area contributed by atoms with Gasteiger partial charge in [0.2, 0.25) is 5.91 Å². The maximum atomic E-state index is 12.8. The van der Waals surface area contributed by atoms with Crippen LogP contribution >= 0.6 is 0 Å². The standard InChI is InChI=1S/C19H23NO4S/c21-19(12-15-25(22,23)16-8-3-1-4-9-16)20-13-6-2-5-10-17(20)18-11-7-14-24-18/h1,3-4,7-9,11,14,17H,2,5-6,10,12-13,15H2/t17-/m1/s1. The average molecular weight is 361 g/mol. The lowest BCUT2D eigenvalue weighted by molar-refractivity contribution is -0.133. The highest BCUT2D eigenvalue weighted by Gasteiger charge is 2.29. The maximum absolute atomic E-state index is 12.8. The molecule has 2 aromatic rings. The van der Waals surface area contributed by atoms with Crippen LogP contribution in [0.1, 0.15) is 43.9 Å². The van der Waals surface area contributed by atoms with Crippen LogP contribution in [0.5, 0.6) is 0 Å². The summed E-state index contributed by atoms with van der Waals surface area (Å²) >= 11 is 0. The number of carbonyl (C=O) groups excluding carboxylic acids is 1. The number of carbonyl (C=O) groups is 1. The van der Waals surface area contributed by atoms with E-state index in [1.165, 1.54) is 0 Å². The minimum atomic E-state index is -3.45. The minimum Gasteiger partial charge on any atom is -0.467 e. The second kappa shape index (κ2) is 7.87. The van der Waals surface area contributed by atoms with Gasteiger partial charge in [0.05, 0.1) is 23.0 Å². The molecule has 0 spiro atoms. The zero-order valence-electron chi connectivity index (χ0n) is 14.1. The second-order valence-electron chi connectivity index (χ2n) is 6.35. The fourth-order valence-corrected chi connectivity index (χ4v) is 4.55. The van der Waals surface area contributed by atoms with Crippen LogP contribution in [0.2, 0.25) is 0 Å². The van der Waals surface area contributed by atoms with E-state index in [-0.39, 0.29) is 29.0 Å². The molecule has 0 N–H and O–H groups in total. The lowest BCUT2D eigenvalue weighted by Crippen LogP contribution is -2.35. The molecule has 1 fully saturated rings. The van der Waals surface area contributed by atoms with Gasteiger partial charge in [-0.2, -0.15) is 0 Å². The highest BCUT2D eigenvalue weighted by molar-refractivity contribution is 7.91. The van der Waals surface area contributed by atoms with Crippen molar-refractivity contribution in [3.05, 3.63) is 54.5 Å². The van der Waals surface area contributed by atoms with E-state index in [1.54, 1.807) is 41.5 Å². The van der Waals surface area contributed by atoms with E-state index in [4.69, 9.17) is 4.42 Å². The number of benzene rings is 1. The van der Waals surface area contributed by atoms with E-state index in [1.807, 2.05) is 12.1 Å². The molecule has 5 nitrogen and oxygen atoms in total. The quantitative estimate of drug-likeness (QED) is 0.816. The van der Waals surface area contributed by atoms with Gasteiger partial charge >= 0.3 is 0 Å². The van der Waals surface area contributed by atoms with Crippen LogP contribution in [0.4, 0.5) is 0 Å². The molecule has 0 radical (unpaired) electrons. The minimum absolute atomic E-state index is 0.00552. The van der Waals surface area contributed by atoms with Gasteiger partial charge < -0.3 is 9.32 Å². The summed E-state index contributed by atoms with van der Waals surface area (Å²) in [6.07, 6.45) is 5.51. The van der Waals surface area contributed by atoms with E-state index < -0.39 is 9.84 Å². The Morgan fingerprint density at radius 3 is 2.60 bits per heavy atom. The average Bonchev–Trinajstić information content (AvgIpc) is 3.05. The molecule has 1 aromatic carbocycles. The molecule has 1 aliphatic rings. The van der Waals surface area contributed by atoms with Crippen LogP contribution in [0.25, 0.3) is 0 Å². The molecule has 0 saturated carbocycles. The Morgan fingerprint density at radius 1 is 1.08 bits per heavy atom. The molecule has 1 saturated heterocycles. The summed E-state index contributed by atoms with van der Waals surface area (Å²) in [5.41, 5.74) is 0. The highest BCUT2D eigenvalue weighted by Crippen LogP contribution is 2.31. The van der Waals surface area contributed by atoms with E-state index in [2.05, 4.69) is 0 Å². The fourth-order valence-electron chi connectivity index (χ4n) is 3.29. The first kappa shape index (κ1) is 17.7. The largest absolute Gasteiger partial charge is 0.467 e. The zero-order chi connectivity index (χ0) is 17.7. The molecule has 2 heterocycles. The summed E-state index contributed by atoms with van der Waals surface area (Å²) in [6.45, 7) is 0.648. The molecule has 6 heteroatoms. The number of nitrogens with zero attached hydrogens (tertiary/aromatic N) is 1. The Labute approximate surface area is 148 Å². The number of hydrogen-bond acceptors (Lipinski definition) is 4. The maximum Gasteiger partial charge on any atom is 0.224 e. The van der Waals surface area contributed by atoms with Crippen LogP contribution in [0.3, 0.4) is 0 Å². The molecule has 25 heavy (non-hydrogen) atoms. The van der Waals surface area contributed by atoms with Crippen LogP contribution in [-0.2, 0) is 14.6 Å². The number of furan rings is 1. The van der Waals surface area contributed by atoms with E-state index >= 15 is 0 Å². The van der Waals surface area contributed by atoms with Crippen molar-refractivity contribution in [1.82, 2.24) is 4.90 Å². The van der Waals surface area contributed by atoms with Gasteiger partial charge in [-0.15, -0.1) is 0 Å². The van der Waals surface area contributed by atoms with Gasteiger partial charge in [0.15, 0.2) is 9.84 Å². The SMILES string of the molecule is O=C(CCS(=O)(=O)c1ccccc1)N1CCCCC[C@@H]1c1ccco1. The first-order valence-electron chi connectivity index (χ1n) is 8.68. The number of likely N-dealkylation sites (tertiary alicyclic amines) is 1. The molecule has 1 aliphatic heterocycles. The van der Waals surface area contributed by atoms with E-state index in [9.17, 15) is 13.2 Å². The number of sulfone groups is 1. The van der Waals surface area contributed by atoms with E-state index in [0.29, 0.717) is 6.54 Å². The predicted octanol–water partition coefficient (Wildman–Crippen LogP) is 3.59. The first-order chi connectivity index (χ1) is 12.1. The summed E-state index contributed by atoms with van der Waals surface area (Å²) in [7, 11) is -3.45. The molecule has 1 atom stereocenters. The lowest BCUT2D eigenvalue weighted by Gasteiger charge is -2.28. The Balaban J connectivity index is 1.70. The van der Waals surface area contributed by atoms with E-state index in [0.717, 1.165) is 31.4 Å².